The summed E-state index contributed by atoms with van der Waals surface area (Å²) < 4.78 is 5.77. The molecule has 0 spiro atoms. The van der Waals surface area contributed by atoms with E-state index in [2.05, 4.69) is 0 Å². The molecule has 0 aliphatic carbocycles. The smallest absolute Gasteiger partial charge is 0.273 e. The number of para-hydroxylation sites is 1. The number of rotatable bonds is 5. The van der Waals surface area contributed by atoms with Crippen LogP contribution in [-0.2, 0) is 6.42 Å². The van der Waals surface area contributed by atoms with Crippen LogP contribution in [0, 0.1) is 10.1 Å². The largest absolute Gasteiger partial charge is 0.457 e. The van der Waals surface area contributed by atoms with E-state index in [0.717, 1.165) is 5.56 Å². The van der Waals surface area contributed by atoms with Gasteiger partial charge in [0.25, 0.3) is 5.69 Å². The van der Waals surface area contributed by atoms with Crippen LogP contribution in [0.3, 0.4) is 0 Å². The molecular weight excluding hydrogens is 290 g/mol. The molecule has 0 bridgehead atoms. The van der Waals surface area contributed by atoms with Gasteiger partial charge >= 0.3 is 0 Å². The van der Waals surface area contributed by atoms with Crippen molar-refractivity contribution >= 4 is 5.69 Å². The molecule has 0 saturated carbocycles. The topological polar surface area (TPSA) is 52.4 Å². The van der Waals surface area contributed by atoms with Gasteiger partial charge in [-0.2, -0.15) is 0 Å². The third-order valence-electron chi connectivity index (χ3n) is 3.46. The van der Waals surface area contributed by atoms with Gasteiger partial charge < -0.3 is 4.74 Å². The third kappa shape index (κ3) is 3.74. The van der Waals surface area contributed by atoms with Gasteiger partial charge in [-0.1, -0.05) is 48.5 Å². The molecule has 0 amide bonds. The van der Waals surface area contributed by atoms with Gasteiger partial charge in [-0.25, -0.2) is 0 Å². The molecule has 3 aromatic carbocycles. The molecule has 3 rings (SSSR count). The molecule has 0 unspecified atom stereocenters. The van der Waals surface area contributed by atoms with E-state index in [1.54, 1.807) is 12.1 Å². The van der Waals surface area contributed by atoms with Gasteiger partial charge in [0.2, 0.25) is 0 Å². The molecule has 0 radical (unpaired) electrons. The Bertz CT molecular complexity index is 801. The Kier molecular flexibility index (Phi) is 4.34. The van der Waals surface area contributed by atoms with Crippen LogP contribution in [0.4, 0.5) is 5.69 Å². The molecule has 0 aromatic heterocycles. The monoisotopic (exact) mass is 305 g/mol. The standard InChI is InChI=1S/C19H15NO3/c21-20(22)19-12-11-18(23-17-9-5-2-6-10-17)14-16(19)13-15-7-3-1-4-8-15/h1-12,14H,13H2. The molecule has 0 heterocycles. The lowest BCUT2D eigenvalue weighted by Gasteiger charge is -2.08. The van der Waals surface area contributed by atoms with Gasteiger partial charge in [-0.15, -0.1) is 0 Å². The van der Waals surface area contributed by atoms with Crippen LogP contribution >= 0.6 is 0 Å². The van der Waals surface area contributed by atoms with Crippen LogP contribution in [0.5, 0.6) is 11.5 Å². The summed E-state index contributed by atoms with van der Waals surface area (Å²) in [5.41, 5.74) is 1.76. The van der Waals surface area contributed by atoms with E-state index < -0.39 is 0 Å². The Morgan fingerprint density at radius 1 is 0.826 bits per heavy atom. The maximum atomic E-state index is 11.2. The number of nitrogens with zero attached hydrogens (tertiary/aromatic N) is 1. The quantitative estimate of drug-likeness (QED) is 0.493. The van der Waals surface area contributed by atoms with E-state index in [1.807, 2.05) is 60.7 Å². The van der Waals surface area contributed by atoms with Crippen LogP contribution in [0.1, 0.15) is 11.1 Å². The average molecular weight is 305 g/mol. The van der Waals surface area contributed by atoms with E-state index in [4.69, 9.17) is 4.74 Å². The van der Waals surface area contributed by atoms with Crippen LogP contribution in [0.2, 0.25) is 0 Å². The lowest BCUT2D eigenvalue weighted by molar-refractivity contribution is -0.385. The number of nitro benzene ring substituents is 1. The van der Waals surface area contributed by atoms with Crippen molar-refractivity contribution in [1.82, 2.24) is 0 Å². The maximum Gasteiger partial charge on any atom is 0.273 e. The van der Waals surface area contributed by atoms with Crippen molar-refractivity contribution in [3.63, 3.8) is 0 Å². The molecule has 0 N–H and O–H groups in total. The number of nitro groups is 1. The van der Waals surface area contributed by atoms with Gasteiger partial charge in [0.05, 0.1) is 4.92 Å². The number of hydrogen-bond donors (Lipinski definition) is 0. The second kappa shape index (κ2) is 6.75. The molecule has 4 heteroatoms. The first-order valence-corrected chi connectivity index (χ1v) is 7.26. The number of benzene rings is 3. The molecule has 3 aromatic rings. The predicted octanol–water partition coefficient (Wildman–Crippen LogP) is 4.98. The molecule has 0 atom stereocenters. The molecule has 0 saturated heterocycles. The minimum Gasteiger partial charge on any atom is -0.457 e. The van der Waals surface area contributed by atoms with Gasteiger partial charge in [0.1, 0.15) is 11.5 Å². The lowest BCUT2D eigenvalue weighted by atomic mass is 10.0. The maximum absolute atomic E-state index is 11.2. The SMILES string of the molecule is O=[N+]([O-])c1ccc(Oc2ccccc2)cc1Cc1ccccc1. The van der Waals surface area contributed by atoms with E-state index in [1.165, 1.54) is 6.07 Å². The van der Waals surface area contributed by atoms with E-state index >= 15 is 0 Å². The highest BCUT2D eigenvalue weighted by molar-refractivity contribution is 5.48. The van der Waals surface area contributed by atoms with Crippen LogP contribution < -0.4 is 4.74 Å². The second-order valence-electron chi connectivity index (χ2n) is 5.13. The summed E-state index contributed by atoms with van der Waals surface area (Å²) in [5.74, 6) is 1.29. The molecular formula is C19H15NO3. The van der Waals surface area contributed by atoms with Crippen LogP contribution in [0.15, 0.2) is 78.9 Å². The Balaban J connectivity index is 1.91. The summed E-state index contributed by atoms with van der Waals surface area (Å²) in [5, 5.41) is 11.2. The van der Waals surface area contributed by atoms with Crippen LogP contribution in [0.25, 0.3) is 0 Å². The summed E-state index contributed by atoms with van der Waals surface area (Å²) >= 11 is 0. The van der Waals surface area contributed by atoms with Gasteiger partial charge in [0, 0.05) is 18.1 Å². The summed E-state index contributed by atoms with van der Waals surface area (Å²) in [6.07, 6.45) is 0.489. The summed E-state index contributed by atoms with van der Waals surface area (Å²) in [6.45, 7) is 0. The fraction of sp³-hybridized carbons (Fsp3) is 0.0526. The van der Waals surface area contributed by atoms with Gasteiger partial charge in [-0.3, -0.25) is 10.1 Å². The van der Waals surface area contributed by atoms with E-state index in [-0.39, 0.29) is 10.6 Å². The van der Waals surface area contributed by atoms with Crippen molar-refractivity contribution < 1.29 is 9.66 Å². The predicted molar refractivity (Wildman–Crippen MR) is 88.9 cm³/mol. The highest BCUT2D eigenvalue weighted by Gasteiger charge is 2.15. The first kappa shape index (κ1) is 14.8. The zero-order valence-electron chi connectivity index (χ0n) is 12.4. The summed E-state index contributed by atoms with van der Waals surface area (Å²) in [4.78, 5) is 10.9. The minimum atomic E-state index is -0.357. The first-order chi connectivity index (χ1) is 11.2. The van der Waals surface area contributed by atoms with Crippen LogP contribution in [-0.4, -0.2) is 4.92 Å². The summed E-state index contributed by atoms with van der Waals surface area (Å²) in [7, 11) is 0. The number of hydrogen-bond acceptors (Lipinski definition) is 3. The average Bonchev–Trinajstić information content (AvgIpc) is 2.57. The molecule has 4 nitrogen and oxygen atoms in total. The Morgan fingerprint density at radius 3 is 2.13 bits per heavy atom. The van der Waals surface area contributed by atoms with E-state index in [9.17, 15) is 10.1 Å². The van der Waals surface area contributed by atoms with Crippen molar-refractivity contribution in [3.05, 3.63) is 100 Å². The Morgan fingerprint density at radius 2 is 1.48 bits per heavy atom. The zero-order chi connectivity index (χ0) is 16.1. The minimum absolute atomic E-state index is 0.106. The van der Waals surface area contributed by atoms with Crippen molar-refractivity contribution in [2.75, 3.05) is 0 Å². The fourth-order valence-corrected chi connectivity index (χ4v) is 2.39. The van der Waals surface area contributed by atoms with Crippen molar-refractivity contribution in [2.45, 2.75) is 6.42 Å². The van der Waals surface area contributed by atoms with Gasteiger partial charge in [0.15, 0.2) is 0 Å². The molecule has 0 aliphatic rings. The molecule has 0 fully saturated rings. The zero-order valence-corrected chi connectivity index (χ0v) is 12.4. The highest BCUT2D eigenvalue weighted by atomic mass is 16.6. The fourth-order valence-electron chi connectivity index (χ4n) is 2.39. The molecule has 114 valence electrons. The first-order valence-electron chi connectivity index (χ1n) is 7.26. The lowest BCUT2D eigenvalue weighted by Crippen LogP contribution is -1.97. The van der Waals surface area contributed by atoms with Crippen molar-refractivity contribution in [3.8, 4) is 11.5 Å². The van der Waals surface area contributed by atoms with E-state index in [0.29, 0.717) is 23.5 Å². The summed E-state index contributed by atoms with van der Waals surface area (Å²) in [6, 6.07) is 23.9. The second-order valence-corrected chi connectivity index (χ2v) is 5.13. The third-order valence-corrected chi connectivity index (χ3v) is 3.46. The van der Waals surface area contributed by atoms with Crippen molar-refractivity contribution in [1.29, 1.82) is 0 Å². The Labute approximate surface area is 134 Å². The molecule has 23 heavy (non-hydrogen) atoms. The van der Waals surface area contributed by atoms with Crippen molar-refractivity contribution in [2.24, 2.45) is 0 Å². The normalized spacial score (nSPS) is 10.3. The molecule has 0 aliphatic heterocycles. The Hall–Kier alpha value is -3.14. The number of ether oxygens (including phenoxy) is 1. The van der Waals surface area contributed by atoms with Gasteiger partial charge in [-0.05, 0) is 29.8 Å². The highest BCUT2D eigenvalue weighted by Crippen LogP contribution is 2.29.